The molecule has 2 saturated heterocycles. The molecule has 0 spiro atoms. The third-order valence-corrected chi connectivity index (χ3v) is 8.29. The van der Waals surface area contributed by atoms with E-state index >= 15 is 0 Å². The quantitative estimate of drug-likeness (QED) is 0.323. The molecule has 0 saturated carbocycles. The number of piperidine rings is 1. The number of methoxy groups -OCH3 is 1. The Kier molecular flexibility index (Phi) is 6.58. The minimum atomic E-state index is -1.22. The molecule has 0 unspecified atom stereocenters. The molecule has 1 amide bonds. The molecule has 6 nitrogen and oxygen atoms in total. The molecule has 4 atom stereocenters. The second-order valence-electron chi connectivity index (χ2n) is 10.0. The lowest BCUT2D eigenvalue weighted by molar-refractivity contribution is 0.0749. The number of ether oxygens (including phenoxy) is 3. The number of aromatic nitrogens is 1. The Labute approximate surface area is 191 Å². The number of rotatable bonds is 7. The number of carbonyl (C=O) groups is 1. The molecule has 7 heteroatoms. The van der Waals surface area contributed by atoms with Crippen molar-refractivity contribution in [3.63, 3.8) is 0 Å². The monoisotopic (exact) mass is 454 g/mol. The van der Waals surface area contributed by atoms with Crippen LogP contribution in [0.4, 0.5) is 4.79 Å². The number of hydrogen-bond donors (Lipinski definition) is 0. The van der Waals surface area contributed by atoms with Gasteiger partial charge in [-0.05, 0) is 54.1 Å². The van der Waals surface area contributed by atoms with E-state index in [1.807, 2.05) is 41.4 Å². The van der Waals surface area contributed by atoms with Crippen LogP contribution in [-0.2, 0) is 9.47 Å². The lowest BCUT2D eigenvalue weighted by Gasteiger charge is -2.36. The van der Waals surface area contributed by atoms with Crippen molar-refractivity contribution in [2.75, 3.05) is 26.8 Å². The number of carbonyl (C=O) groups excluding carboxylic acids is 1. The highest BCUT2D eigenvalue weighted by Gasteiger charge is 2.50. The van der Waals surface area contributed by atoms with Gasteiger partial charge in [0.2, 0.25) is 0 Å². The van der Waals surface area contributed by atoms with Crippen molar-refractivity contribution >= 4 is 25.1 Å². The summed E-state index contributed by atoms with van der Waals surface area (Å²) in [7, 11) is 0.455. The average Bonchev–Trinajstić information content (AvgIpc) is 3.57. The van der Waals surface area contributed by atoms with Crippen LogP contribution in [0.2, 0.25) is 25.7 Å². The van der Waals surface area contributed by atoms with E-state index < -0.39 is 8.07 Å². The van der Waals surface area contributed by atoms with Crippen molar-refractivity contribution < 1.29 is 19.0 Å². The van der Waals surface area contributed by atoms with E-state index in [0.29, 0.717) is 25.6 Å². The van der Waals surface area contributed by atoms with Crippen LogP contribution >= 0.6 is 0 Å². The molecule has 1 aromatic carbocycles. The molecule has 172 valence electrons. The van der Waals surface area contributed by atoms with E-state index in [9.17, 15) is 4.79 Å². The Morgan fingerprint density at radius 1 is 1.34 bits per heavy atom. The molecule has 0 bridgehead atoms. The van der Waals surface area contributed by atoms with E-state index in [2.05, 4.69) is 31.2 Å². The van der Waals surface area contributed by atoms with Crippen molar-refractivity contribution in [3.05, 3.63) is 48.7 Å². The van der Waals surface area contributed by atoms with Gasteiger partial charge in [-0.3, -0.25) is 4.98 Å². The van der Waals surface area contributed by atoms with Crippen molar-refractivity contribution in [1.29, 1.82) is 0 Å². The number of benzene rings is 1. The standard InChI is InChI=1S/C25H34N2O4Si/c1-6-17-16-27(25(28)30-13-14-32(3,4)5)12-10-19(17)23-24(31-23)20-9-11-26-22-8-7-18(29-2)15-21(20)22/h6-9,11,15,17,19,23-24H,1,10,12-14,16H2,2-5H3/t17-,19+,23-,24-/m0/s1. The number of likely N-dealkylation sites (tertiary alicyclic amines) is 1. The van der Waals surface area contributed by atoms with Crippen LogP contribution in [0.15, 0.2) is 43.1 Å². The van der Waals surface area contributed by atoms with Crippen LogP contribution in [0.5, 0.6) is 5.75 Å². The number of hydrogen-bond acceptors (Lipinski definition) is 5. The van der Waals surface area contributed by atoms with Gasteiger partial charge in [-0.1, -0.05) is 25.7 Å². The Bertz CT molecular complexity index is 990. The fourth-order valence-corrected chi connectivity index (χ4v) is 5.29. The Hall–Kier alpha value is -2.38. The van der Waals surface area contributed by atoms with Gasteiger partial charge in [0.1, 0.15) is 11.9 Å². The highest BCUT2D eigenvalue weighted by molar-refractivity contribution is 6.76. The Morgan fingerprint density at radius 3 is 2.88 bits per heavy atom. The maximum absolute atomic E-state index is 12.6. The van der Waals surface area contributed by atoms with E-state index in [1.165, 1.54) is 0 Å². The minimum absolute atomic E-state index is 0.0373. The summed E-state index contributed by atoms with van der Waals surface area (Å²) >= 11 is 0. The SMILES string of the molecule is C=C[C@H]1CN(C(=O)OCC[Si](C)(C)C)CC[C@H]1[C@@H]1O[C@H]1c1ccnc2ccc(OC)cc12. The summed E-state index contributed by atoms with van der Waals surface area (Å²) in [6, 6.07) is 8.97. The van der Waals surface area contributed by atoms with Gasteiger partial charge in [0.25, 0.3) is 0 Å². The minimum Gasteiger partial charge on any atom is -0.497 e. The molecule has 32 heavy (non-hydrogen) atoms. The fraction of sp³-hybridized carbons (Fsp3) is 0.520. The van der Waals surface area contributed by atoms with Gasteiger partial charge in [-0.2, -0.15) is 0 Å². The number of pyridine rings is 1. The molecule has 1 aromatic heterocycles. The molecular weight excluding hydrogens is 420 g/mol. The lowest BCUT2D eigenvalue weighted by atomic mass is 9.81. The van der Waals surface area contributed by atoms with Crippen LogP contribution in [0.3, 0.4) is 0 Å². The summed E-state index contributed by atoms with van der Waals surface area (Å²) < 4.78 is 17.2. The molecule has 2 aliphatic rings. The van der Waals surface area contributed by atoms with Crippen LogP contribution in [0, 0.1) is 11.8 Å². The van der Waals surface area contributed by atoms with Crippen LogP contribution in [0.25, 0.3) is 10.9 Å². The lowest BCUT2D eigenvalue weighted by Crippen LogP contribution is -2.45. The Morgan fingerprint density at radius 2 is 2.16 bits per heavy atom. The van der Waals surface area contributed by atoms with Gasteiger partial charge in [0.05, 0.1) is 25.3 Å². The van der Waals surface area contributed by atoms with Gasteiger partial charge in [0, 0.05) is 32.7 Å². The largest absolute Gasteiger partial charge is 0.497 e. The van der Waals surface area contributed by atoms with Crippen molar-refractivity contribution in [3.8, 4) is 5.75 Å². The summed E-state index contributed by atoms with van der Waals surface area (Å²) in [5.74, 6) is 1.33. The van der Waals surface area contributed by atoms with Crippen molar-refractivity contribution in [2.24, 2.45) is 11.8 Å². The molecule has 4 rings (SSSR count). The normalized spacial score (nSPS) is 25.4. The zero-order chi connectivity index (χ0) is 22.9. The predicted octanol–water partition coefficient (Wildman–Crippen LogP) is 5.28. The average molecular weight is 455 g/mol. The van der Waals surface area contributed by atoms with Gasteiger partial charge in [0.15, 0.2) is 0 Å². The maximum Gasteiger partial charge on any atom is 0.409 e. The highest BCUT2D eigenvalue weighted by Crippen LogP contribution is 2.49. The first-order valence-electron chi connectivity index (χ1n) is 11.4. The zero-order valence-electron chi connectivity index (χ0n) is 19.5. The molecule has 0 aliphatic carbocycles. The van der Waals surface area contributed by atoms with Crippen LogP contribution in [0.1, 0.15) is 18.1 Å². The van der Waals surface area contributed by atoms with E-state index in [-0.39, 0.29) is 24.2 Å². The second kappa shape index (κ2) is 9.23. The smallest absolute Gasteiger partial charge is 0.409 e. The number of amides is 1. The first kappa shape index (κ1) is 22.8. The zero-order valence-corrected chi connectivity index (χ0v) is 20.5. The second-order valence-corrected chi connectivity index (χ2v) is 15.6. The molecule has 2 aliphatic heterocycles. The third-order valence-electron chi connectivity index (χ3n) is 6.59. The third kappa shape index (κ3) is 4.99. The number of epoxide rings is 1. The van der Waals surface area contributed by atoms with E-state index in [0.717, 1.165) is 34.7 Å². The molecule has 0 radical (unpaired) electrons. The molecule has 0 N–H and O–H groups in total. The number of fused-ring (bicyclic) bond motifs is 1. The van der Waals surface area contributed by atoms with Gasteiger partial charge < -0.3 is 19.1 Å². The maximum atomic E-state index is 12.6. The van der Waals surface area contributed by atoms with Crippen LogP contribution < -0.4 is 4.74 Å². The van der Waals surface area contributed by atoms with Gasteiger partial charge in [-0.25, -0.2) is 4.79 Å². The molecule has 2 fully saturated rings. The molecule has 2 aromatic rings. The first-order chi connectivity index (χ1) is 15.3. The molecular formula is C25H34N2O4Si. The fourth-order valence-electron chi connectivity index (χ4n) is 4.58. The first-order valence-corrected chi connectivity index (χ1v) is 15.1. The molecule has 3 heterocycles. The summed E-state index contributed by atoms with van der Waals surface area (Å²) in [5, 5.41) is 1.07. The highest BCUT2D eigenvalue weighted by atomic mass is 28.3. The predicted molar refractivity (Wildman–Crippen MR) is 129 cm³/mol. The summed E-state index contributed by atoms with van der Waals surface area (Å²) in [5.41, 5.74) is 2.09. The van der Waals surface area contributed by atoms with Crippen LogP contribution in [-0.4, -0.2) is 57.0 Å². The van der Waals surface area contributed by atoms with Crippen molar-refractivity contribution in [1.82, 2.24) is 9.88 Å². The van der Waals surface area contributed by atoms with E-state index in [1.54, 1.807) is 7.11 Å². The van der Waals surface area contributed by atoms with E-state index in [4.69, 9.17) is 14.2 Å². The number of nitrogens with zero attached hydrogens (tertiary/aromatic N) is 2. The van der Waals surface area contributed by atoms with Gasteiger partial charge >= 0.3 is 6.09 Å². The van der Waals surface area contributed by atoms with Crippen molar-refractivity contribution in [2.45, 2.75) is 44.3 Å². The Balaban J connectivity index is 1.41. The summed E-state index contributed by atoms with van der Waals surface area (Å²) in [6.45, 7) is 12.7. The summed E-state index contributed by atoms with van der Waals surface area (Å²) in [4.78, 5) is 18.9. The van der Waals surface area contributed by atoms with Gasteiger partial charge in [-0.15, -0.1) is 6.58 Å². The topological polar surface area (TPSA) is 64.2 Å². The summed E-state index contributed by atoms with van der Waals surface area (Å²) in [6.07, 6.45) is 4.66.